The molecule has 14 heteroatoms. The molecule has 29 heavy (non-hydrogen) atoms. The van der Waals surface area contributed by atoms with E-state index in [1.54, 1.807) is 0 Å². The maximum absolute atomic E-state index is 14.1. The summed E-state index contributed by atoms with van der Waals surface area (Å²) in [5.74, 6) is -12.0. The van der Waals surface area contributed by atoms with Crippen molar-refractivity contribution in [3.05, 3.63) is 50.7 Å². The molecule has 0 saturated heterocycles. The highest BCUT2D eigenvalue weighted by atomic mass is 79.9. The summed E-state index contributed by atoms with van der Waals surface area (Å²) >= 11 is 5.39. The molecule has 0 aliphatic heterocycles. The van der Waals surface area contributed by atoms with Crippen molar-refractivity contribution in [2.45, 2.75) is 22.2 Å². The molecule has 0 aromatic heterocycles. The molecule has 0 radical (unpaired) electrons. The molecular formula is C15H4Br2F10OS. The van der Waals surface area contributed by atoms with Gasteiger partial charge in [0.05, 0.1) is 10.5 Å². The first-order valence-corrected chi connectivity index (χ1v) is 9.64. The lowest BCUT2D eigenvalue weighted by molar-refractivity contribution is -0.331. The van der Waals surface area contributed by atoms with E-state index in [-0.39, 0.29) is 4.47 Å². The van der Waals surface area contributed by atoms with E-state index < -0.39 is 66.1 Å². The fourth-order valence-electron chi connectivity index (χ4n) is 2.11. The van der Waals surface area contributed by atoms with Gasteiger partial charge in [0.1, 0.15) is 16.6 Å². The van der Waals surface area contributed by atoms with E-state index in [1.165, 1.54) is 0 Å². The molecule has 1 nitrogen and oxygen atoms in total. The first-order valence-electron chi connectivity index (χ1n) is 6.91. The summed E-state index contributed by atoms with van der Waals surface area (Å²) in [7, 11) is -4.48. The van der Waals surface area contributed by atoms with E-state index in [0.717, 1.165) is 6.07 Å². The Balaban J connectivity index is 2.86. The van der Waals surface area contributed by atoms with Gasteiger partial charge in [-0.1, -0.05) is 31.9 Å². The fraction of sp³-hybridized carbons (Fsp3) is 0.200. The van der Waals surface area contributed by atoms with Crippen molar-refractivity contribution in [2.24, 2.45) is 0 Å². The van der Waals surface area contributed by atoms with Crippen molar-refractivity contribution in [3.63, 3.8) is 0 Å². The summed E-state index contributed by atoms with van der Waals surface area (Å²) in [5.41, 5.74) is -2.52. The van der Waals surface area contributed by atoms with E-state index in [0.29, 0.717) is 18.2 Å². The van der Waals surface area contributed by atoms with E-state index in [9.17, 15) is 48.1 Å². The van der Waals surface area contributed by atoms with Crippen LogP contribution in [0.15, 0.2) is 38.1 Å². The Morgan fingerprint density at radius 1 is 0.793 bits per heavy atom. The zero-order valence-corrected chi connectivity index (χ0v) is 17.1. The third-order valence-electron chi connectivity index (χ3n) is 3.47. The summed E-state index contributed by atoms with van der Waals surface area (Å²) in [6, 6.07) is 2.03. The molecule has 2 rings (SSSR count). The number of benzene rings is 2. The van der Waals surface area contributed by atoms with Gasteiger partial charge in [-0.15, -0.1) is 0 Å². The standard InChI is InChI=1S/C15H4Br2F10OS/c16-5-3-6(17)10(11-7(18)1-2-8(19)12(11)20)9(4-5)29(28)15(26,27)13(21,22)14(23,24)25/h1-4H. The first kappa shape index (κ1) is 24.1. The third kappa shape index (κ3) is 4.07. The Hall–Kier alpha value is -1.15. The Bertz CT molecular complexity index is 990. The highest BCUT2D eigenvalue weighted by Crippen LogP contribution is 2.51. The van der Waals surface area contributed by atoms with Crippen molar-refractivity contribution >= 4 is 42.7 Å². The molecule has 0 bridgehead atoms. The maximum atomic E-state index is 14.1. The summed E-state index contributed by atoms with van der Waals surface area (Å²) in [6.07, 6.45) is -6.79. The average Bonchev–Trinajstić information content (AvgIpc) is 2.57. The minimum atomic E-state index is -6.79. The van der Waals surface area contributed by atoms with Gasteiger partial charge in [-0.05, 0) is 24.3 Å². The van der Waals surface area contributed by atoms with Crippen LogP contribution in [0.3, 0.4) is 0 Å². The van der Waals surface area contributed by atoms with E-state index in [2.05, 4.69) is 31.9 Å². The Labute approximate surface area is 174 Å². The lowest BCUT2D eigenvalue weighted by Gasteiger charge is -2.28. The van der Waals surface area contributed by atoms with Gasteiger partial charge in [0.25, 0.3) is 0 Å². The molecule has 0 N–H and O–H groups in total. The van der Waals surface area contributed by atoms with Crippen molar-refractivity contribution in [3.8, 4) is 11.1 Å². The van der Waals surface area contributed by atoms with Crippen molar-refractivity contribution in [2.75, 3.05) is 0 Å². The van der Waals surface area contributed by atoms with E-state index >= 15 is 0 Å². The quantitative estimate of drug-likeness (QED) is 0.276. The van der Waals surface area contributed by atoms with Gasteiger partial charge in [-0.3, -0.25) is 0 Å². The molecule has 0 amide bonds. The monoisotopic (exact) mass is 580 g/mol. The molecule has 2 aromatic rings. The Morgan fingerprint density at radius 2 is 1.31 bits per heavy atom. The molecular weight excluding hydrogens is 578 g/mol. The van der Waals surface area contributed by atoms with Gasteiger partial charge in [0.2, 0.25) is 0 Å². The zero-order chi connectivity index (χ0) is 22.5. The smallest absolute Gasteiger partial charge is 0.248 e. The lowest BCUT2D eigenvalue weighted by Crippen LogP contribution is -2.54. The topological polar surface area (TPSA) is 17.1 Å². The molecule has 0 aliphatic carbocycles. The maximum Gasteiger partial charge on any atom is 0.461 e. The minimum absolute atomic E-state index is 0.264. The van der Waals surface area contributed by atoms with Gasteiger partial charge in [0, 0.05) is 14.5 Å². The molecule has 1 unspecified atom stereocenters. The lowest BCUT2D eigenvalue weighted by atomic mass is 10.0. The third-order valence-corrected chi connectivity index (χ3v) is 5.99. The zero-order valence-electron chi connectivity index (χ0n) is 13.2. The molecule has 0 heterocycles. The van der Waals surface area contributed by atoms with Crippen LogP contribution in [0.25, 0.3) is 11.1 Å². The number of alkyl halides is 7. The number of hydrogen-bond donors (Lipinski definition) is 0. The van der Waals surface area contributed by atoms with Crippen molar-refractivity contribution in [1.29, 1.82) is 0 Å². The van der Waals surface area contributed by atoms with Crippen LogP contribution in [0.1, 0.15) is 0 Å². The molecule has 1 atom stereocenters. The van der Waals surface area contributed by atoms with Gasteiger partial charge in [-0.25, -0.2) is 17.4 Å². The van der Waals surface area contributed by atoms with Crippen LogP contribution in [0, 0.1) is 17.5 Å². The van der Waals surface area contributed by atoms with Crippen molar-refractivity contribution in [1.82, 2.24) is 0 Å². The van der Waals surface area contributed by atoms with Crippen LogP contribution in [0.4, 0.5) is 43.9 Å². The fourth-order valence-corrected chi connectivity index (χ4v) is 5.08. The van der Waals surface area contributed by atoms with Gasteiger partial charge < -0.3 is 0 Å². The number of hydrogen-bond acceptors (Lipinski definition) is 1. The van der Waals surface area contributed by atoms with E-state index in [4.69, 9.17) is 0 Å². The molecule has 0 aliphatic rings. The number of halogens is 12. The molecule has 0 fully saturated rings. The second-order valence-corrected chi connectivity index (χ2v) is 8.60. The van der Waals surface area contributed by atoms with Crippen LogP contribution in [-0.4, -0.2) is 21.6 Å². The van der Waals surface area contributed by atoms with Crippen LogP contribution >= 0.6 is 31.9 Å². The van der Waals surface area contributed by atoms with Gasteiger partial charge >= 0.3 is 17.4 Å². The summed E-state index contributed by atoms with van der Waals surface area (Å²) in [4.78, 5) is -1.50. The molecule has 0 spiro atoms. The van der Waals surface area contributed by atoms with Crippen LogP contribution in [-0.2, 0) is 10.8 Å². The SMILES string of the molecule is O=S(c1cc(Br)cc(Br)c1-c1c(F)ccc(F)c1F)C(F)(F)C(F)(F)C(F)(F)F. The summed E-state index contributed by atoms with van der Waals surface area (Å²) in [5, 5.41) is -6.24. The molecule has 0 saturated carbocycles. The summed E-state index contributed by atoms with van der Waals surface area (Å²) < 4.78 is 145. The second kappa shape index (κ2) is 7.84. The normalized spacial score (nSPS) is 14.2. The first-order chi connectivity index (χ1) is 13.0. The van der Waals surface area contributed by atoms with E-state index in [1.807, 2.05) is 0 Å². The second-order valence-electron chi connectivity index (χ2n) is 5.34. The Morgan fingerprint density at radius 3 is 1.83 bits per heavy atom. The minimum Gasteiger partial charge on any atom is -0.248 e. The molecule has 2 aromatic carbocycles. The Kier molecular flexibility index (Phi) is 6.52. The highest BCUT2D eigenvalue weighted by molar-refractivity contribution is 9.11. The van der Waals surface area contributed by atoms with Crippen LogP contribution in [0.2, 0.25) is 0 Å². The van der Waals surface area contributed by atoms with Crippen LogP contribution < -0.4 is 0 Å². The number of rotatable bonds is 4. The van der Waals surface area contributed by atoms with Gasteiger partial charge in [0.15, 0.2) is 11.6 Å². The van der Waals surface area contributed by atoms with Crippen molar-refractivity contribution < 1.29 is 48.1 Å². The summed E-state index contributed by atoms with van der Waals surface area (Å²) in [6.45, 7) is 0. The van der Waals surface area contributed by atoms with Crippen LogP contribution in [0.5, 0.6) is 0 Å². The molecule has 160 valence electrons. The average molecular weight is 582 g/mol. The predicted molar refractivity (Wildman–Crippen MR) is 89.5 cm³/mol. The van der Waals surface area contributed by atoms with Gasteiger partial charge in [-0.2, -0.15) is 30.7 Å². The largest absolute Gasteiger partial charge is 0.461 e. The predicted octanol–water partition coefficient (Wildman–Crippen LogP) is 7.19. The highest BCUT2D eigenvalue weighted by Gasteiger charge is 2.76.